The van der Waals surface area contributed by atoms with E-state index >= 15 is 0 Å². The van der Waals surface area contributed by atoms with E-state index < -0.39 is 0 Å². The van der Waals surface area contributed by atoms with E-state index in [0.717, 1.165) is 10.4 Å². The van der Waals surface area contributed by atoms with Crippen LogP contribution in [-0.2, 0) is 5.41 Å². The monoisotopic (exact) mass is 319 g/mol. The average molecular weight is 319 g/mol. The number of hydrogen-bond acceptors (Lipinski definition) is 0. The van der Waals surface area contributed by atoms with E-state index in [0.29, 0.717) is 11.6 Å². The zero-order valence-electron chi connectivity index (χ0n) is 14.6. The number of rotatable bonds is 2. The summed E-state index contributed by atoms with van der Waals surface area (Å²) in [6.45, 7) is 8.85. The van der Waals surface area contributed by atoms with Crippen LogP contribution in [0, 0.1) is 0 Å². The van der Waals surface area contributed by atoms with Crippen LogP contribution in [0.3, 0.4) is 0 Å². The first-order chi connectivity index (χ1) is 11.4. The number of halogens is 1. The Hall–Kier alpha value is -2.35. The van der Waals surface area contributed by atoms with Gasteiger partial charge in [-0.1, -0.05) is 56.4 Å². The molecule has 1 aliphatic rings. The van der Waals surface area contributed by atoms with Gasteiger partial charge in [-0.2, -0.15) is 4.79 Å². The molecule has 0 radical (unpaired) electrons. The molecular formula is C22H22FN. The lowest BCUT2D eigenvalue weighted by Crippen LogP contribution is -2.15. The van der Waals surface area contributed by atoms with Crippen molar-refractivity contribution in [1.29, 1.82) is 0 Å². The standard InChI is InChI=1S/C22H22FN/c1-14(2)16-12-17-15-8-5-6-9-19(15)22(3,4)20(17)13-18(16)21-10-7-11-24(21)23/h5-14H,1-4H3. The van der Waals surface area contributed by atoms with Crippen LogP contribution in [0.2, 0.25) is 0 Å². The summed E-state index contributed by atoms with van der Waals surface area (Å²) >= 11 is 0. The average Bonchev–Trinajstić information content (AvgIpc) is 3.07. The summed E-state index contributed by atoms with van der Waals surface area (Å²) in [5.74, 6) is 0.330. The molecule has 24 heavy (non-hydrogen) atoms. The number of hydrogen-bond donors (Lipinski definition) is 0. The molecule has 0 bridgehead atoms. The highest BCUT2D eigenvalue weighted by molar-refractivity contribution is 5.84. The van der Waals surface area contributed by atoms with Crippen LogP contribution in [0.5, 0.6) is 0 Å². The van der Waals surface area contributed by atoms with E-state index in [9.17, 15) is 4.48 Å². The third kappa shape index (κ3) is 1.99. The van der Waals surface area contributed by atoms with Crippen LogP contribution >= 0.6 is 0 Å². The Morgan fingerprint density at radius 2 is 1.62 bits per heavy atom. The second kappa shape index (κ2) is 5.07. The molecule has 1 heterocycles. The number of benzene rings is 2. The van der Waals surface area contributed by atoms with Gasteiger partial charge in [0, 0.05) is 17.2 Å². The summed E-state index contributed by atoms with van der Waals surface area (Å²) in [6.07, 6.45) is 1.46. The fraction of sp³-hybridized carbons (Fsp3) is 0.273. The van der Waals surface area contributed by atoms with E-state index in [1.165, 1.54) is 34.0 Å². The quantitative estimate of drug-likeness (QED) is 0.521. The van der Waals surface area contributed by atoms with Crippen LogP contribution < -0.4 is 0 Å². The molecule has 1 aromatic heterocycles. The van der Waals surface area contributed by atoms with Gasteiger partial charge in [-0.05, 0) is 58.0 Å². The summed E-state index contributed by atoms with van der Waals surface area (Å²) < 4.78 is 14.2. The van der Waals surface area contributed by atoms with Crippen molar-refractivity contribution in [2.75, 3.05) is 0 Å². The maximum atomic E-state index is 14.2. The van der Waals surface area contributed by atoms with Gasteiger partial charge in [0.25, 0.3) is 0 Å². The van der Waals surface area contributed by atoms with Crippen LogP contribution in [0.25, 0.3) is 22.4 Å². The molecule has 0 atom stereocenters. The highest BCUT2D eigenvalue weighted by atomic mass is 19.2. The first-order valence-electron chi connectivity index (χ1n) is 8.53. The van der Waals surface area contributed by atoms with Gasteiger partial charge in [0.05, 0.1) is 5.69 Å². The summed E-state index contributed by atoms with van der Waals surface area (Å²) in [4.78, 5) is 0.725. The summed E-state index contributed by atoms with van der Waals surface area (Å²) in [5, 5.41) is 0. The predicted octanol–water partition coefficient (Wildman–Crippen LogP) is 6.32. The van der Waals surface area contributed by atoms with Gasteiger partial charge in [0.1, 0.15) is 0 Å². The molecule has 3 aromatic rings. The van der Waals surface area contributed by atoms with Crippen molar-refractivity contribution in [3.8, 4) is 22.4 Å². The molecule has 4 rings (SSSR count). The van der Waals surface area contributed by atoms with Gasteiger partial charge in [0.2, 0.25) is 0 Å². The number of aromatic nitrogens is 1. The molecule has 122 valence electrons. The fourth-order valence-corrected chi connectivity index (χ4v) is 4.03. The van der Waals surface area contributed by atoms with Crippen LogP contribution in [-0.4, -0.2) is 4.79 Å². The molecule has 0 aliphatic heterocycles. The van der Waals surface area contributed by atoms with Gasteiger partial charge < -0.3 is 0 Å². The van der Waals surface area contributed by atoms with E-state index in [2.05, 4.69) is 64.1 Å². The maximum Gasteiger partial charge on any atom is 0.0815 e. The molecule has 0 N–H and O–H groups in total. The summed E-state index contributed by atoms with van der Waals surface area (Å²) in [6, 6.07) is 16.7. The molecule has 2 heteroatoms. The second-order valence-electron chi connectivity index (χ2n) is 7.51. The maximum absolute atomic E-state index is 14.2. The molecule has 0 saturated heterocycles. The lowest BCUT2D eigenvalue weighted by molar-refractivity contribution is 0.377. The highest BCUT2D eigenvalue weighted by Crippen LogP contribution is 2.51. The van der Waals surface area contributed by atoms with Crippen molar-refractivity contribution in [3.05, 3.63) is 71.4 Å². The van der Waals surface area contributed by atoms with Crippen LogP contribution in [0.4, 0.5) is 4.48 Å². The Balaban J connectivity index is 2.05. The molecular weight excluding hydrogens is 297 g/mol. The van der Waals surface area contributed by atoms with Gasteiger partial charge in [-0.25, -0.2) is 0 Å². The molecule has 1 nitrogen and oxygen atoms in total. The van der Waals surface area contributed by atoms with Crippen molar-refractivity contribution >= 4 is 0 Å². The predicted molar refractivity (Wildman–Crippen MR) is 98.0 cm³/mol. The van der Waals surface area contributed by atoms with Gasteiger partial charge in [0.15, 0.2) is 0 Å². The summed E-state index contributed by atoms with van der Waals surface area (Å²) in [7, 11) is 0. The third-order valence-electron chi connectivity index (χ3n) is 5.35. The lowest BCUT2D eigenvalue weighted by atomic mass is 9.80. The molecule has 0 spiro atoms. The first kappa shape index (κ1) is 15.2. The Kier molecular flexibility index (Phi) is 3.21. The zero-order chi connectivity index (χ0) is 17.1. The first-order valence-corrected chi connectivity index (χ1v) is 8.53. The van der Waals surface area contributed by atoms with Crippen molar-refractivity contribution in [1.82, 2.24) is 4.79 Å². The van der Waals surface area contributed by atoms with E-state index in [1.54, 1.807) is 6.07 Å². The van der Waals surface area contributed by atoms with Gasteiger partial charge in [-0.15, -0.1) is 0 Å². The molecule has 1 aliphatic carbocycles. The van der Waals surface area contributed by atoms with E-state index in [-0.39, 0.29) is 5.41 Å². The Morgan fingerprint density at radius 3 is 2.29 bits per heavy atom. The number of nitrogens with zero attached hydrogens (tertiary/aromatic N) is 1. The SMILES string of the molecule is CC(C)c1cc2c(cc1-c1cccn1F)C(C)(C)c1ccccc1-2. The minimum Gasteiger partial charge on any atom is -0.186 e. The molecule has 2 aromatic carbocycles. The fourth-order valence-electron chi connectivity index (χ4n) is 4.03. The molecule has 0 amide bonds. The van der Waals surface area contributed by atoms with Gasteiger partial charge >= 0.3 is 0 Å². The van der Waals surface area contributed by atoms with Crippen molar-refractivity contribution in [2.24, 2.45) is 0 Å². The van der Waals surface area contributed by atoms with Crippen molar-refractivity contribution in [2.45, 2.75) is 39.0 Å². The molecule has 0 fully saturated rings. The van der Waals surface area contributed by atoms with Crippen LogP contribution in [0.1, 0.15) is 50.3 Å². The molecule has 0 saturated carbocycles. The topological polar surface area (TPSA) is 4.93 Å². The van der Waals surface area contributed by atoms with Crippen molar-refractivity contribution in [3.63, 3.8) is 0 Å². The number of fused-ring (bicyclic) bond motifs is 3. The smallest absolute Gasteiger partial charge is 0.0815 e. The Labute approximate surface area is 142 Å². The van der Waals surface area contributed by atoms with Crippen molar-refractivity contribution < 1.29 is 4.48 Å². The minimum atomic E-state index is -0.0656. The second-order valence-corrected chi connectivity index (χ2v) is 7.51. The Bertz CT molecular complexity index is 931. The highest BCUT2D eigenvalue weighted by Gasteiger charge is 2.36. The zero-order valence-corrected chi connectivity index (χ0v) is 14.6. The van der Waals surface area contributed by atoms with E-state index in [1.807, 2.05) is 6.07 Å². The third-order valence-corrected chi connectivity index (χ3v) is 5.35. The normalized spacial score (nSPS) is 14.8. The van der Waals surface area contributed by atoms with Gasteiger partial charge in [-0.3, -0.25) is 0 Å². The lowest BCUT2D eigenvalue weighted by Gasteiger charge is -2.23. The Morgan fingerprint density at radius 1 is 0.875 bits per heavy atom. The molecule has 0 unspecified atom stereocenters. The summed E-state index contributed by atoms with van der Waals surface area (Å²) in [5.41, 5.74) is 7.99. The van der Waals surface area contributed by atoms with E-state index in [4.69, 9.17) is 0 Å². The largest absolute Gasteiger partial charge is 0.186 e. The van der Waals surface area contributed by atoms with Crippen LogP contribution in [0.15, 0.2) is 54.7 Å². The minimum absolute atomic E-state index is 0.0656.